The van der Waals surface area contributed by atoms with Crippen LogP contribution in [0, 0.1) is 13.8 Å². The summed E-state index contributed by atoms with van der Waals surface area (Å²) >= 11 is 0. The highest BCUT2D eigenvalue weighted by molar-refractivity contribution is 5.31. The van der Waals surface area contributed by atoms with Crippen LogP contribution in [-0.4, -0.2) is 6.54 Å². The van der Waals surface area contributed by atoms with E-state index in [-0.39, 0.29) is 0 Å². The Bertz CT molecular complexity index is 495. The first-order valence-electron chi connectivity index (χ1n) is 7.90. The molecule has 0 aliphatic carbocycles. The van der Waals surface area contributed by atoms with Crippen LogP contribution in [0.4, 0.5) is 0 Å². The molecule has 0 bridgehead atoms. The van der Waals surface area contributed by atoms with Crippen LogP contribution in [0.25, 0.3) is 0 Å². The lowest BCUT2D eigenvalue weighted by Gasteiger charge is -2.02. The Morgan fingerprint density at radius 1 is 1.10 bits per heavy atom. The van der Waals surface area contributed by atoms with Gasteiger partial charge in [-0.1, -0.05) is 61.1 Å². The van der Waals surface area contributed by atoms with Crippen LogP contribution in [0.1, 0.15) is 42.4 Å². The molecular weight excluding hydrogens is 254 g/mol. The number of nitrogens with two attached hydrogens (primary N) is 1. The van der Waals surface area contributed by atoms with Gasteiger partial charge in [0.1, 0.15) is 0 Å². The van der Waals surface area contributed by atoms with Gasteiger partial charge in [0.05, 0.1) is 0 Å². The largest absolute Gasteiger partial charge is 0.330 e. The normalized spacial score (nSPS) is 11.6. The number of benzene rings is 1. The van der Waals surface area contributed by atoms with Gasteiger partial charge >= 0.3 is 0 Å². The van der Waals surface area contributed by atoms with E-state index in [2.05, 4.69) is 62.9 Å². The average Bonchev–Trinajstić information content (AvgIpc) is 2.47. The van der Waals surface area contributed by atoms with Gasteiger partial charge in [0.25, 0.3) is 0 Å². The first-order valence-corrected chi connectivity index (χ1v) is 7.90. The van der Waals surface area contributed by atoms with E-state index in [0.29, 0.717) is 0 Å². The Kier molecular flexibility index (Phi) is 8.45. The van der Waals surface area contributed by atoms with Crippen molar-refractivity contribution in [2.75, 3.05) is 6.54 Å². The van der Waals surface area contributed by atoms with Crippen molar-refractivity contribution < 1.29 is 0 Å². The second kappa shape index (κ2) is 10.2. The Morgan fingerprint density at radius 2 is 1.90 bits per heavy atom. The van der Waals surface area contributed by atoms with Crippen molar-refractivity contribution in [2.45, 2.75) is 46.0 Å². The summed E-state index contributed by atoms with van der Waals surface area (Å²) in [6.45, 7) is 9.19. The molecule has 0 unspecified atom stereocenters. The number of hydrogen-bond donors (Lipinski definition) is 1. The highest BCUT2D eigenvalue weighted by Crippen LogP contribution is 2.11. The minimum atomic E-state index is 0.795. The molecule has 1 heteroatoms. The molecule has 21 heavy (non-hydrogen) atoms. The molecule has 0 heterocycles. The van der Waals surface area contributed by atoms with Crippen molar-refractivity contribution in [1.29, 1.82) is 0 Å². The van der Waals surface area contributed by atoms with Crippen molar-refractivity contribution in [2.24, 2.45) is 5.73 Å². The molecule has 114 valence electrons. The summed E-state index contributed by atoms with van der Waals surface area (Å²) in [7, 11) is 0. The van der Waals surface area contributed by atoms with Crippen LogP contribution in [0.3, 0.4) is 0 Å². The van der Waals surface area contributed by atoms with Gasteiger partial charge < -0.3 is 5.73 Å². The average molecular weight is 283 g/mol. The zero-order chi connectivity index (χ0) is 15.5. The number of hydrogen-bond acceptors (Lipinski definition) is 1. The molecule has 1 nitrogen and oxygen atoms in total. The number of unbranched alkanes of at least 4 members (excludes halogenated alkanes) is 2. The van der Waals surface area contributed by atoms with Gasteiger partial charge in [-0.2, -0.15) is 0 Å². The molecule has 0 aliphatic heterocycles. The van der Waals surface area contributed by atoms with E-state index >= 15 is 0 Å². The standard InChI is InChI=1S/C20H29N/c1-17(11-7-5-9-15-21)10-6-4-8-12-20-14-13-18(2)19(3)16-20/h4,6,8,10,13-14,16H,1,5,7,9,11-12,15,21H2,2-3H3/b8-4-,10-6-. The number of aryl methyl sites for hydroxylation is 2. The van der Waals surface area contributed by atoms with Crippen molar-refractivity contribution in [3.05, 3.63) is 71.3 Å². The van der Waals surface area contributed by atoms with Gasteiger partial charge in [-0.15, -0.1) is 0 Å². The molecule has 0 saturated carbocycles. The minimum Gasteiger partial charge on any atom is -0.330 e. The van der Waals surface area contributed by atoms with Crippen molar-refractivity contribution in [3.63, 3.8) is 0 Å². The SMILES string of the molecule is C=C(/C=C\C=C/Cc1ccc(C)c(C)c1)CCCCCN. The summed E-state index contributed by atoms with van der Waals surface area (Å²) in [6.07, 6.45) is 14.1. The summed E-state index contributed by atoms with van der Waals surface area (Å²) < 4.78 is 0. The fraction of sp³-hybridized carbons (Fsp3) is 0.400. The van der Waals surface area contributed by atoms with E-state index in [1.165, 1.54) is 35.1 Å². The lowest BCUT2D eigenvalue weighted by molar-refractivity contribution is 0.689. The quantitative estimate of drug-likeness (QED) is 0.499. The number of allylic oxidation sites excluding steroid dienone is 5. The molecule has 1 aromatic rings. The summed E-state index contributed by atoms with van der Waals surface area (Å²) in [6, 6.07) is 6.66. The fourth-order valence-corrected chi connectivity index (χ4v) is 2.16. The molecule has 1 rings (SSSR count). The Balaban J connectivity index is 2.28. The van der Waals surface area contributed by atoms with Crippen LogP contribution in [-0.2, 0) is 6.42 Å². The smallest absolute Gasteiger partial charge is 0.00773 e. The van der Waals surface area contributed by atoms with E-state index in [4.69, 9.17) is 5.73 Å². The van der Waals surface area contributed by atoms with E-state index in [1.54, 1.807) is 0 Å². The third-order valence-electron chi connectivity index (χ3n) is 3.71. The van der Waals surface area contributed by atoms with Gasteiger partial charge in [-0.05, 0) is 62.8 Å². The predicted molar refractivity (Wildman–Crippen MR) is 94.6 cm³/mol. The minimum absolute atomic E-state index is 0.795. The van der Waals surface area contributed by atoms with Crippen molar-refractivity contribution in [1.82, 2.24) is 0 Å². The molecule has 1 aromatic carbocycles. The van der Waals surface area contributed by atoms with Gasteiger partial charge in [-0.25, -0.2) is 0 Å². The second-order valence-electron chi connectivity index (χ2n) is 5.67. The maximum Gasteiger partial charge on any atom is -0.00773 e. The zero-order valence-electron chi connectivity index (χ0n) is 13.6. The molecule has 2 N–H and O–H groups in total. The maximum atomic E-state index is 5.48. The summed E-state index contributed by atoms with van der Waals surface area (Å²) in [5.41, 5.74) is 10.8. The Hall–Kier alpha value is -1.60. The second-order valence-corrected chi connectivity index (χ2v) is 5.67. The van der Waals surface area contributed by atoms with Crippen LogP contribution < -0.4 is 5.73 Å². The summed E-state index contributed by atoms with van der Waals surface area (Å²) in [4.78, 5) is 0. The van der Waals surface area contributed by atoms with Crippen LogP contribution in [0.15, 0.2) is 54.7 Å². The van der Waals surface area contributed by atoms with Crippen LogP contribution in [0.5, 0.6) is 0 Å². The number of rotatable bonds is 9. The predicted octanol–water partition coefficient (Wildman–Crippen LogP) is 5.03. The Labute approximate surface area is 130 Å². The first-order chi connectivity index (χ1) is 10.1. The monoisotopic (exact) mass is 283 g/mol. The topological polar surface area (TPSA) is 26.0 Å². The molecule has 0 saturated heterocycles. The molecule has 0 spiro atoms. The summed E-state index contributed by atoms with van der Waals surface area (Å²) in [5, 5.41) is 0. The Morgan fingerprint density at radius 3 is 2.62 bits per heavy atom. The molecule has 0 aliphatic rings. The van der Waals surface area contributed by atoms with E-state index in [9.17, 15) is 0 Å². The molecule has 0 aromatic heterocycles. The maximum absolute atomic E-state index is 5.48. The van der Waals surface area contributed by atoms with Gasteiger partial charge in [0.2, 0.25) is 0 Å². The molecule has 0 atom stereocenters. The van der Waals surface area contributed by atoms with Gasteiger partial charge in [0, 0.05) is 0 Å². The zero-order valence-corrected chi connectivity index (χ0v) is 13.6. The van der Waals surface area contributed by atoms with Gasteiger partial charge in [0.15, 0.2) is 0 Å². The van der Waals surface area contributed by atoms with Crippen LogP contribution in [0.2, 0.25) is 0 Å². The van der Waals surface area contributed by atoms with Crippen molar-refractivity contribution >= 4 is 0 Å². The van der Waals surface area contributed by atoms with Crippen molar-refractivity contribution in [3.8, 4) is 0 Å². The first kappa shape index (κ1) is 17.5. The van der Waals surface area contributed by atoms with E-state index < -0.39 is 0 Å². The lowest BCUT2D eigenvalue weighted by Crippen LogP contribution is -1.97. The van der Waals surface area contributed by atoms with E-state index in [0.717, 1.165) is 25.8 Å². The fourth-order valence-electron chi connectivity index (χ4n) is 2.16. The van der Waals surface area contributed by atoms with E-state index in [1.807, 2.05) is 0 Å². The molecule has 0 fully saturated rings. The lowest BCUT2D eigenvalue weighted by atomic mass is 10.0. The molecule has 0 radical (unpaired) electrons. The molecular formula is C20H29N. The highest BCUT2D eigenvalue weighted by Gasteiger charge is 1.94. The third kappa shape index (κ3) is 7.67. The highest BCUT2D eigenvalue weighted by atomic mass is 14.5. The molecule has 0 amide bonds. The third-order valence-corrected chi connectivity index (χ3v) is 3.71. The van der Waals surface area contributed by atoms with Gasteiger partial charge in [-0.3, -0.25) is 0 Å². The summed E-state index contributed by atoms with van der Waals surface area (Å²) in [5.74, 6) is 0. The van der Waals surface area contributed by atoms with Crippen LogP contribution >= 0.6 is 0 Å².